The maximum atomic E-state index is 12.9. The maximum absolute atomic E-state index is 12.9. The number of halogens is 3. The molecule has 1 fully saturated rings. The van der Waals surface area contributed by atoms with Gasteiger partial charge in [-0.2, -0.15) is 8.78 Å². The Kier molecular flexibility index (Phi) is 6.72. The average Bonchev–Trinajstić information content (AvgIpc) is 2.98. The molecule has 27 heavy (non-hydrogen) atoms. The Bertz CT molecular complexity index is 784. The highest BCUT2D eigenvalue weighted by Gasteiger charge is 2.31. The molecule has 1 aromatic carbocycles. The maximum Gasteiger partial charge on any atom is 0.387 e. The third kappa shape index (κ3) is 4.36. The molecule has 1 aliphatic rings. The summed E-state index contributed by atoms with van der Waals surface area (Å²) in [4.78, 5) is 14.7. The van der Waals surface area contributed by atoms with Crippen molar-refractivity contribution < 1.29 is 18.3 Å². The Morgan fingerprint density at radius 2 is 1.96 bits per heavy atom. The number of hydrogen-bond donors (Lipinski definition) is 1. The van der Waals surface area contributed by atoms with Crippen LogP contribution in [-0.2, 0) is 0 Å². The van der Waals surface area contributed by atoms with E-state index in [1.165, 1.54) is 16.8 Å². The van der Waals surface area contributed by atoms with Gasteiger partial charge in [-0.05, 0) is 45.0 Å². The van der Waals surface area contributed by atoms with Crippen LogP contribution in [0.1, 0.15) is 30.0 Å². The zero-order chi connectivity index (χ0) is 18.8. The first-order valence-electron chi connectivity index (χ1n) is 8.40. The number of benzene rings is 1. The van der Waals surface area contributed by atoms with Gasteiger partial charge in [-0.15, -0.1) is 17.5 Å². The number of amides is 1. The second kappa shape index (κ2) is 8.62. The zero-order valence-electron chi connectivity index (χ0n) is 15.2. The Morgan fingerprint density at radius 1 is 1.30 bits per heavy atom. The molecule has 1 N–H and O–H groups in total. The molecule has 1 saturated heterocycles. The summed E-state index contributed by atoms with van der Waals surface area (Å²) in [7, 11) is 0. The number of aromatic nitrogens is 3. The molecule has 0 bridgehead atoms. The zero-order valence-corrected chi connectivity index (χ0v) is 16.0. The van der Waals surface area contributed by atoms with E-state index in [0.29, 0.717) is 23.6 Å². The molecule has 2 unspecified atom stereocenters. The van der Waals surface area contributed by atoms with Crippen LogP contribution in [0, 0.1) is 6.92 Å². The van der Waals surface area contributed by atoms with E-state index in [-0.39, 0.29) is 36.1 Å². The summed E-state index contributed by atoms with van der Waals surface area (Å²) >= 11 is 0. The van der Waals surface area contributed by atoms with E-state index in [0.717, 1.165) is 6.54 Å². The van der Waals surface area contributed by atoms with Crippen LogP contribution in [-0.4, -0.2) is 57.6 Å². The summed E-state index contributed by atoms with van der Waals surface area (Å²) in [6.45, 7) is 4.26. The minimum Gasteiger partial charge on any atom is -0.435 e. The first-order valence-corrected chi connectivity index (χ1v) is 8.40. The van der Waals surface area contributed by atoms with Crippen molar-refractivity contribution in [3.63, 3.8) is 0 Å². The highest BCUT2D eigenvalue weighted by molar-refractivity contribution is 5.93. The van der Waals surface area contributed by atoms with E-state index in [9.17, 15) is 13.6 Å². The van der Waals surface area contributed by atoms with Crippen molar-refractivity contribution in [3.05, 3.63) is 35.7 Å². The van der Waals surface area contributed by atoms with Gasteiger partial charge in [0.2, 0.25) is 0 Å². The Hall–Kier alpha value is -2.26. The number of ether oxygens (including phenoxy) is 1. The Morgan fingerprint density at radius 3 is 2.59 bits per heavy atom. The summed E-state index contributed by atoms with van der Waals surface area (Å²) in [6, 6.07) is 6.26. The van der Waals surface area contributed by atoms with E-state index >= 15 is 0 Å². The van der Waals surface area contributed by atoms with Crippen LogP contribution in [0.2, 0.25) is 0 Å². The molecule has 1 aromatic heterocycles. The van der Waals surface area contributed by atoms with Crippen LogP contribution >= 0.6 is 12.4 Å². The van der Waals surface area contributed by atoms with E-state index < -0.39 is 6.61 Å². The van der Waals surface area contributed by atoms with Crippen molar-refractivity contribution in [2.24, 2.45) is 0 Å². The molecule has 2 heterocycles. The molecule has 1 amide bonds. The molecule has 7 nitrogen and oxygen atoms in total. The lowest BCUT2D eigenvalue weighted by Gasteiger charge is -2.38. The summed E-state index contributed by atoms with van der Waals surface area (Å²) < 4.78 is 30.3. The SMILES string of the molecule is Cc1c(C(=O)N2CCNC(C)C2C)nnn1-c1ccc(OC(F)F)cc1.Cl. The second-order valence-corrected chi connectivity index (χ2v) is 6.29. The normalized spacial score (nSPS) is 19.7. The average molecular weight is 402 g/mol. The van der Waals surface area contributed by atoms with Crippen molar-refractivity contribution in [2.45, 2.75) is 39.5 Å². The van der Waals surface area contributed by atoms with Crippen LogP contribution in [0.4, 0.5) is 8.78 Å². The molecule has 10 heteroatoms. The molecule has 2 aromatic rings. The monoisotopic (exact) mass is 401 g/mol. The van der Waals surface area contributed by atoms with Crippen LogP contribution in [0.15, 0.2) is 24.3 Å². The van der Waals surface area contributed by atoms with Crippen molar-refractivity contribution in [2.75, 3.05) is 13.1 Å². The van der Waals surface area contributed by atoms with Crippen LogP contribution in [0.3, 0.4) is 0 Å². The standard InChI is InChI=1S/C17H21F2N5O2.ClH/c1-10-11(2)23(9-8-20-10)16(25)15-12(3)24(22-21-15)13-4-6-14(7-5-13)26-17(18)19;/h4-7,10-11,17,20H,8-9H2,1-3H3;1H. The quantitative estimate of drug-likeness (QED) is 0.851. The van der Waals surface area contributed by atoms with Gasteiger partial charge in [-0.25, -0.2) is 4.68 Å². The number of nitrogens with one attached hydrogen (secondary N) is 1. The molecule has 2 atom stereocenters. The first kappa shape index (κ1) is 21.0. The third-order valence-corrected chi connectivity index (χ3v) is 4.70. The van der Waals surface area contributed by atoms with Gasteiger partial charge in [-0.3, -0.25) is 4.79 Å². The van der Waals surface area contributed by atoms with Gasteiger partial charge < -0.3 is 15.0 Å². The van der Waals surface area contributed by atoms with Gasteiger partial charge >= 0.3 is 6.61 Å². The lowest BCUT2D eigenvalue weighted by atomic mass is 10.1. The predicted molar refractivity (Wildman–Crippen MR) is 97.9 cm³/mol. The van der Waals surface area contributed by atoms with Crippen LogP contribution in [0.5, 0.6) is 5.75 Å². The van der Waals surface area contributed by atoms with Gasteiger partial charge in [0.05, 0.1) is 11.4 Å². The summed E-state index contributed by atoms with van der Waals surface area (Å²) in [6.07, 6.45) is 0. The molecule has 0 radical (unpaired) electrons. The van der Waals surface area contributed by atoms with Crippen LogP contribution in [0.25, 0.3) is 5.69 Å². The lowest BCUT2D eigenvalue weighted by molar-refractivity contribution is -0.0498. The van der Waals surface area contributed by atoms with Crippen molar-refractivity contribution in [3.8, 4) is 11.4 Å². The number of piperazine rings is 1. The van der Waals surface area contributed by atoms with Crippen molar-refractivity contribution in [1.29, 1.82) is 0 Å². The van der Waals surface area contributed by atoms with E-state index in [4.69, 9.17) is 0 Å². The Labute approximate surface area is 162 Å². The molecule has 1 aliphatic heterocycles. The third-order valence-electron chi connectivity index (χ3n) is 4.70. The van der Waals surface area contributed by atoms with Gasteiger partial charge in [0, 0.05) is 25.2 Å². The van der Waals surface area contributed by atoms with Crippen molar-refractivity contribution in [1.82, 2.24) is 25.2 Å². The summed E-state index contributed by atoms with van der Waals surface area (Å²) in [5, 5.41) is 11.4. The van der Waals surface area contributed by atoms with Crippen molar-refractivity contribution >= 4 is 18.3 Å². The molecule has 0 spiro atoms. The van der Waals surface area contributed by atoms with Gasteiger partial charge in [-0.1, -0.05) is 5.21 Å². The van der Waals surface area contributed by atoms with E-state index in [1.54, 1.807) is 24.0 Å². The fraction of sp³-hybridized carbons (Fsp3) is 0.471. The summed E-state index contributed by atoms with van der Waals surface area (Å²) in [5.74, 6) is -0.103. The number of alkyl halides is 2. The van der Waals surface area contributed by atoms with Gasteiger partial charge in [0.25, 0.3) is 5.91 Å². The van der Waals surface area contributed by atoms with Gasteiger partial charge in [0.15, 0.2) is 5.69 Å². The smallest absolute Gasteiger partial charge is 0.387 e. The number of rotatable bonds is 4. The molecule has 0 saturated carbocycles. The highest BCUT2D eigenvalue weighted by atomic mass is 35.5. The number of carbonyl (C=O) groups is 1. The molecule has 3 rings (SSSR count). The fourth-order valence-electron chi connectivity index (χ4n) is 3.02. The number of carbonyl (C=O) groups excluding carboxylic acids is 1. The van der Waals surface area contributed by atoms with E-state index in [2.05, 4.69) is 20.4 Å². The number of hydrogen-bond acceptors (Lipinski definition) is 5. The molecule has 148 valence electrons. The minimum absolute atomic E-state index is 0. The molecular formula is C17H22ClF2N5O2. The second-order valence-electron chi connectivity index (χ2n) is 6.29. The fourth-order valence-corrected chi connectivity index (χ4v) is 3.02. The lowest BCUT2D eigenvalue weighted by Crippen LogP contribution is -2.57. The van der Waals surface area contributed by atoms with Gasteiger partial charge in [0.1, 0.15) is 5.75 Å². The van der Waals surface area contributed by atoms with E-state index in [1.807, 2.05) is 13.8 Å². The predicted octanol–water partition coefficient (Wildman–Crippen LogP) is 2.42. The molecule has 0 aliphatic carbocycles. The largest absolute Gasteiger partial charge is 0.435 e. The highest BCUT2D eigenvalue weighted by Crippen LogP contribution is 2.20. The Balaban J connectivity index is 0.00000261. The minimum atomic E-state index is -2.87. The number of nitrogens with zero attached hydrogens (tertiary/aromatic N) is 4. The molecular weight excluding hydrogens is 380 g/mol. The first-order chi connectivity index (χ1) is 12.4. The summed E-state index contributed by atoms with van der Waals surface area (Å²) in [5.41, 5.74) is 1.49. The van der Waals surface area contributed by atoms with Crippen LogP contribution < -0.4 is 10.1 Å². The topological polar surface area (TPSA) is 72.3 Å².